The van der Waals surface area contributed by atoms with Crippen LogP contribution in [0.2, 0.25) is 0 Å². The topological polar surface area (TPSA) is 12.0 Å². The summed E-state index contributed by atoms with van der Waals surface area (Å²) in [7, 11) is 0. The molecule has 0 unspecified atom stereocenters. The van der Waals surface area contributed by atoms with E-state index in [-0.39, 0.29) is 0 Å². The average molecular weight is 169 g/mol. The molecule has 0 aromatic rings. The molecule has 1 heteroatoms. The standard InChI is InChI=1S/C11H23N/c1-5-7-8-11(3,4)9-10-12-6-2/h5,12H,1,6-10H2,2-4H3. The second kappa shape index (κ2) is 6.24. The van der Waals surface area contributed by atoms with Gasteiger partial charge < -0.3 is 5.32 Å². The van der Waals surface area contributed by atoms with Crippen molar-refractivity contribution in [2.24, 2.45) is 5.41 Å². The number of hydrogen-bond acceptors (Lipinski definition) is 1. The van der Waals surface area contributed by atoms with Gasteiger partial charge in [-0.1, -0.05) is 26.8 Å². The van der Waals surface area contributed by atoms with Crippen molar-refractivity contribution in [2.45, 2.75) is 40.0 Å². The van der Waals surface area contributed by atoms with E-state index in [1.807, 2.05) is 6.08 Å². The van der Waals surface area contributed by atoms with E-state index >= 15 is 0 Å². The van der Waals surface area contributed by atoms with Crippen LogP contribution in [0.4, 0.5) is 0 Å². The Bertz CT molecular complexity index is 116. The van der Waals surface area contributed by atoms with E-state index in [2.05, 4.69) is 32.7 Å². The van der Waals surface area contributed by atoms with E-state index in [1.165, 1.54) is 12.8 Å². The Morgan fingerprint density at radius 2 is 2.00 bits per heavy atom. The minimum absolute atomic E-state index is 0.469. The zero-order valence-corrected chi connectivity index (χ0v) is 8.82. The van der Waals surface area contributed by atoms with Crippen LogP contribution in [0.15, 0.2) is 12.7 Å². The third-order valence-electron chi connectivity index (χ3n) is 2.25. The normalized spacial score (nSPS) is 11.6. The first-order chi connectivity index (χ1) is 5.62. The van der Waals surface area contributed by atoms with Gasteiger partial charge in [0.15, 0.2) is 0 Å². The van der Waals surface area contributed by atoms with Crippen LogP contribution in [-0.2, 0) is 0 Å². The molecule has 0 aliphatic rings. The first-order valence-electron chi connectivity index (χ1n) is 4.94. The van der Waals surface area contributed by atoms with E-state index in [9.17, 15) is 0 Å². The van der Waals surface area contributed by atoms with Gasteiger partial charge >= 0.3 is 0 Å². The van der Waals surface area contributed by atoms with Crippen molar-refractivity contribution in [1.82, 2.24) is 5.32 Å². The first kappa shape index (κ1) is 11.7. The van der Waals surface area contributed by atoms with Gasteiger partial charge in [-0.25, -0.2) is 0 Å². The lowest BCUT2D eigenvalue weighted by Crippen LogP contribution is -2.22. The largest absolute Gasteiger partial charge is 0.317 e. The quantitative estimate of drug-likeness (QED) is 0.456. The fourth-order valence-corrected chi connectivity index (χ4v) is 1.22. The highest BCUT2D eigenvalue weighted by molar-refractivity contribution is 4.75. The molecule has 0 saturated carbocycles. The summed E-state index contributed by atoms with van der Waals surface area (Å²) in [5.74, 6) is 0. The number of allylic oxidation sites excluding steroid dienone is 1. The van der Waals surface area contributed by atoms with E-state index in [4.69, 9.17) is 0 Å². The van der Waals surface area contributed by atoms with E-state index in [1.54, 1.807) is 0 Å². The minimum atomic E-state index is 0.469. The van der Waals surface area contributed by atoms with E-state index < -0.39 is 0 Å². The van der Waals surface area contributed by atoms with Gasteiger partial charge in [0.25, 0.3) is 0 Å². The predicted octanol–water partition coefficient (Wildman–Crippen LogP) is 2.98. The molecule has 1 nitrogen and oxygen atoms in total. The fourth-order valence-electron chi connectivity index (χ4n) is 1.22. The smallest absolute Gasteiger partial charge is 0.00439 e. The zero-order chi connectivity index (χ0) is 9.45. The van der Waals surface area contributed by atoms with E-state index in [0.717, 1.165) is 19.5 Å². The first-order valence-corrected chi connectivity index (χ1v) is 4.94. The Balaban J connectivity index is 3.48. The lowest BCUT2D eigenvalue weighted by Gasteiger charge is -2.23. The summed E-state index contributed by atoms with van der Waals surface area (Å²) in [5, 5.41) is 3.35. The van der Waals surface area contributed by atoms with Gasteiger partial charge in [0.1, 0.15) is 0 Å². The Hall–Kier alpha value is -0.300. The van der Waals surface area contributed by atoms with Crippen LogP contribution in [0, 0.1) is 5.41 Å². The Morgan fingerprint density at radius 3 is 2.50 bits per heavy atom. The highest BCUT2D eigenvalue weighted by Crippen LogP contribution is 2.25. The molecule has 0 rings (SSSR count). The Morgan fingerprint density at radius 1 is 1.33 bits per heavy atom. The summed E-state index contributed by atoms with van der Waals surface area (Å²) in [6.07, 6.45) is 5.66. The van der Waals surface area contributed by atoms with Crippen LogP contribution >= 0.6 is 0 Å². The van der Waals surface area contributed by atoms with Crippen molar-refractivity contribution in [3.63, 3.8) is 0 Å². The molecule has 0 atom stereocenters. The van der Waals surface area contributed by atoms with Gasteiger partial charge in [-0.15, -0.1) is 6.58 Å². The monoisotopic (exact) mass is 169 g/mol. The molecule has 0 aliphatic carbocycles. The Kier molecular flexibility index (Phi) is 6.09. The molecule has 0 aromatic heterocycles. The van der Waals surface area contributed by atoms with Gasteiger partial charge in [-0.2, -0.15) is 0 Å². The second-order valence-corrected chi connectivity index (χ2v) is 4.10. The van der Waals surface area contributed by atoms with Crippen molar-refractivity contribution < 1.29 is 0 Å². The number of rotatable bonds is 7. The molecule has 0 aliphatic heterocycles. The molecule has 72 valence electrons. The van der Waals surface area contributed by atoms with Crippen molar-refractivity contribution >= 4 is 0 Å². The molecule has 12 heavy (non-hydrogen) atoms. The van der Waals surface area contributed by atoms with Gasteiger partial charge in [0.2, 0.25) is 0 Å². The van der Waals surface area contributed by atoms with Crippen LogP contribution in [0.3, 0.4) is 0 Å². The summed E-state index contributed by atoms with van der Waals surface area (Å²) in [6, 6.07) is 0. The number of nitrogens with one attached hydrogen (secondary N) is 1. The lowest BCUT2D eigenvalue weighted by molar-refractivity contribution is 0.306. The van der Waals surface area contributed by atoms with Crippen molar-refractivity contribution in [3.8, 4) is 0 Å². The molecule has 0 spiro atoms. The van der Waals surface area contributed by atoms with Gasteiger partial charge in [0.05, 0.1) is 0 Å². The molecule has 0 saturated heterocycles. The summed E-state index contributed by atoms with van der Waals surface area (Å²) in [5.41, 5.74) is 0.469. The van der Waals surface area contributed by atoms with Gasteiger partial charge in [-0.3, -0.25) is 0 Å². The molecule has 1 N–H and O–H groups in total. The molecule has 0 bridgehead atoms. The Labute approximate surface area is 77.2 Å². The van der Waals surface area contributed by atoms with Crippen LogP contribution in [0.1, 0.15) is 40.0 Å². The van der Waals surface area contributed by atoms with Crippen LogP contribution in [-0.4, -0.2) is 13.1 Å². The maximum absolute atomic E-state index is 3.74. The van der Waals surface area contributed by atoms with Crippen LogP contribution in [0.5, 0.6) is 0 Å². The summed E-state index contributed by atoms with van der Waals surface area (Å²) in [6.45, 7) is 12.8. The van der Waals surface area contributed by atoms with E-state index in [0.29, 0.717) is 5.41 Å². The lowest BCUT2D eigenvalue weighted by atomic mass is 9.84. The predicted molar refractivity (Wildman–Crippen MR) is 56.4 cm³/mol. The molecule has 0 radical (unpaired) electrons. The highest BCUT2D eigenvalue weighted by atomic mass is 14.8. The summed E-state index contributed by atoms with van der Waals surface area (Å²) >= 11 is 0. The highest BCUT2D eigenvalue weighted by Gasteiger charge is 2.15. The molecule has 0 fully saturated rings. The molecule has 0 amide bonds. The van der Waals surface area contributed by atoms with Crippen molar-refractivity contribution in [3.05, 3.63) is 12.7 Å². The SMILES string of the molecule is C=CCCC(C)(C)CCNCC. The number of hydrogen-bond donors (Lipinski definition) is 1. The molecule has 0 heterocycles. The summed E-state index contributed by atoms with van der Waals surface area (Å²) < 4.78 is 0. The van der Waals surface area contributed by atoms with Crippen molar-refractivity contribution in [2.75, 3.05) is 13.1 Å². The third-order valence-corrected chi connectivity index (χ3v) is 2.25. The average Bonchev–Trinajstić information content (AvgIpc) is 2.01. The minimum Gasteiger partial charge on any atom is -0.317 e. The van der Waals surface area contributed by atoms with Crippen LogP contribution < -0.4 is 5.32 Å². The summed E-state index contributed by atoms with van der Waals surface area (Å²) in [4.78, 5) is 0. The molecule has 0 aromatic carbocycles. The van der Waals surface area contributed by atoms with Gasteiger partial charge in [0, 0.05) is 0 Å². The maximum atomic E-state index is 3.74. The maximum Gasteiger partial charge on any atom is -0.00439 e. The third kappa shape index (κ3) is 6.41. The van der Waals surface area contributed by atoms with Gasteiger partial charge in [-0.05, 0) is 37.8 Å². The zero-order valence-electron chi connectivity index (χ0n) is 8.82. The second-order valence-electron chi connectivity index (χ2n) is 4.10. The molecular formula is C11H23N. The van der Waals surface area contributed by atoms with Crippen LogP contribution in [0.25, 0.3) is 0 Å². The fraction of sp³-hybridized carbons (Fsp3) is 0.818. The molecular weight excluding hydrogens is 146 g/mol. The van der Waals surface area contributed by atoms with Crippen molar-refractivity contribution in [1.29, 1.82) is 0 Å².